The van der Waals surface area contributed by atoms with Gasteiger partial charge in [-0.1, -0.05) is 30.3 Å². The summed E-state index contributed by atoms with van der Waals surface area (Å²) in [5.74, 6) is 0. The lowest BCUT2D eigenvalue weighted by molar-refractivity contribution is -0.105. The summed E-state index contributed by atoms with van der Waals surface area (Å²) < 4.78 is 5.19. The number of allylic oxidation sites excluding steroid dienone is 1. The maximum Gasteiger partial charge on any atom is 0.407 e. The van der Waals surface area contributed by atoms with Crippen molar-refractivity contribution < 1.29 is 14.3 Å². The predicted octanol–water partition coefficient (Wildman–Crippen LogP) is 1.64. The molecule has 1 amide bonds. The molecular formula is C16H21N3O3. The topological polar surface area (TPSA) is 79.5 Å². The van der Waals surface area contributed by atoms with E-state index in [1.54, 1.807) is 7.05 Å². The van der Waals surface area contributed by atoms with Gasteiger partial charge >= 0.3 is 6.09 Å². The van der Waals surface area contributed by atoms with Crippen molar-refractivity contribution >= 4 is 12.4 Å². The van der Waals surface area contributed by atoms with Crippen LogP contribution in [0.2, 0.25) is 0 Å². The molecule has 0 aliphatic heterocycles. The summed E-state index contributed by atoms with van der Waals surface area (Å²) in [6.45, 7) is 0.238. The number of amides is 1. The molecule has 0 spiro atoms. The molecule has 1 aromatic carbocycles. The summed E-state index contributed by atoms with van der Waals surface area (Å²) in [5.41, 5.74) is 8.28. The number of hydrazine groups is 1. The quantitative estimate of drug-likeness (QED) is 0.550. The maximum atomic E-state index is 11.8. The van der Waals surface area contributed by atoms with Crippen molar-refractivity contribution in [2.45, 2.75) is 31.9 Å². The van der Waals surface area contributed by atoms with E-state index >= 15 is 0 Å². The van der Waals surface area contributed by atoms with E-state index in [1.165, 1.54) is 0 Å². The number of hydrogen-bond acceptors (Lipinski definition) is 5. The number of rotatable bonds is 6. The molecule has 3 N–H and O–H groups in total. The molecule has 1 aliphatic rings. The highest BCUT2D eigenvalue weighted by atomic mass is 16.5. The molecule has 0 fully saturated rings. The average Bonchev–Trinajstić information content (AvgIpc) is 2.55. The lowest BCUT2D eigenvalue weighted by Gasteiger charge is -2.26. The molecule has 1 atom stereocenters. The second-order valence-electron chi connectivity index (χ2n) is 5.14. The first-order valence-corrected chi connectivity index (χ1v) is 7.30. The zero-order valence-electron chi connectivity index (χ0n) is 12.6. The van der Waals surface area contributed by atoms with Crippen LogP contribution in [0.5, 0.6) is 0 Å². The molecule has 0 radical (unpaired) electrons. The number of carbonyl (C=O) groups excluding carboxylic acids is 2. The van der Waals surface area contributed by atoms with Crippen LogP contribution in [0.25, 0.3) is 0 Å². The Labute approximate surface area is 129 Å². The molecule has 0 heterocycles. The molecular weight excluding hydrogens is 282 g/mol. The summed E-state index contributed by atoms with van der Waals surface area (Å²) in [7, 11) is 1.75. The number of alkyl carbamates (subject to hydrolysis) is 1. The minimum absolute atomic E-state index is 0.0779. The number of carbonyl (C=O) groups is 2. The monoisotopic (exact) mass is 303 g/mol. The van der Waals surface area contributed by atoms with Gasteiger partial charge in [0.25, 0.3) is 0 Å². The fraction of sp³-hybridized carbons (Fsp3) is 0.375. The van der Waals surface area contributed by atoms with Crippen molar-refractivity contribution in [3.63, 3.8) is 0 Å². The van der Waals surface area contributed by atoms with Crippen LogP contribution in [0, 0.1) is 0 Å². The Morgan fingerprint density at radius 2 is 2.14 bits per heavy atom. The molecule has 6 heteroatoms. The standard InChI is InChI=1S/C16H21N3O3/c1-17-19-15-8-7-14(9-13(15)10-20)18-16(21)22-11-12-5-3-2-4-6-12/h2-6,10,14,17,19H,7-9,11H2,1H3,(H,18,21). The summed E-state index contributed by atoms with van der Waals surface area (Å²) in [4.78, 5) is 22.9. The Morgan fingerprint density at radius 3 is 2.82 bits per heavy atom. The van der Waals surface area contributed by atoms with Crippen molar-refractivity contribution in [3.05, 3.63) is 47.2 Å². The van der Waals surface area contributed by atoms with E-state index in [0.717, 1.165) is 24.0 Å². The third-order valence-electron chi connectivity index (χ3n) is 3.55. The van der Waals surface area contributed by atoms with Crippen LogP contribution in [0.3, 0.4) is 0 Å². The van der Waals surface area contributed by atoms with Gasteiger partial charge in [-0.25, -0.2) is 10.2 Å². The zero-order chi connectivity index (χ0) is 15.8. The molecule has 0 saturated heterocycles. The molecule has 1 aromatic rings. The van der Waals surface area contributed by atoms with Crippen molar-refractivity contribution in [1.82, 2.24) is 16.2 Å². The third kappa shape index (κ3) is 4.60. The Kier molecular flexibility index (Phi) is 5.97. The van der Waals surface area contributed by atoms with E-state index in [1.807, 2.05) is 30.3 Å². The summed E-state index contributed by atoms with van der Waals surface area (Å²) in [6.07, 6.45) is 2.36. The maximum absolute atomic E-state index is 11.8. The van der Waals surface area contributed by atoms with Crippen LogP contribution < -0.4 is 16.2 Å². The van der Waals surface area contributed by atoms with Crippen molar-refractivity contribution in [2.24, 2.45) is 0 Å². The van der Waals surface area contributed by atoms with E-state index in [9.17, 15) is 9.59 Å². The van der Waals surface area contributed by atoms with Gasteiger partial charge in [0.05, 0.1) is 0 Å². The van der Waals surface area contributed by atoms with Crippen LogP contribution in [0.1, 0.15) is 24.8 Å². The predicted molar refractivity (Wildman–Crippen MR) is 82.7 cm³/mol. The summed E-state index contributed by atoms with van der Waals surface area (Å²) >= 11 is 0. The van der Waals surface area contributed by atoms with Gasteiger partial charge in [-0.2, -0.15) is 0 Å². The number of nitrogens with one attached hydrogen (secondary N) is 3. The smallest absolute Gasteiger partial charge is 0.407 e. The minimum atomic E-state index is -0.455. The van der Waals surface area contributed by atoms with Crippen molar-refractivity contribution in [3.8, 4) is 0 Å². The molecule has 0 saturated carbocycles. The number of benzene rings is 1. The molecule has 1 aliphatic carbocycles. The largest absolute Gasteiger partial charge is 0.445 e. The highest BCUT2D eigenvalue weighted by Crippen LogP contribution is 2.22. The van der Waals surface area contributed by atoms with Gasteiger partial charge in [-0.3, -0.25) is 4.79 Å². The second kappa shape index (κ2) is 8.19. The molecule has 2 rings (SSSR count). The van der Waals surface area contributed by atoms with Gasteiger partial charge < -0.3 is 15.5 Å². The lowest BCUT2D eigenvalue weighted by atomic mass is 9.93. The summed E-state index contributed by atoms with van der Waals surface area (Å²) in [5, 5.41) is 2.81. The van der Waals surface area contributed by atoms with Crippen LogP contribution in [0.15, 0.2) is 41.6 Å². The van der Waals surface area contributed by atoms with Gasteiger partial charge in [0.15, 0.2) is 0 Å². The molecule has 0 aromatic heterocycles. The SMILES string of the molecule is CNNC1=C(C=O)CC(NC(=O)OCc2ccccc2)CC1. The van der Waals surface area contributed by atoms with Gasteiger partial charge in [0.2, 0.25) is 0 Å². The van der Waals surface area contributed by atoms with Crippen LogP contribution in [0.4, 0.5) is 4.79 Å². The first-order valence-electron chi connectivity index (χ1n) is 7.30. The van der Waals surface area contributed by atoms with Crippen LogP contribution in [-0.4, -0.2) is 25.5 Å². The Bertz CT molecular complexity index is 543. The van der Waals surface area contributed by atoms with Gasteiger partial charge in [-0.05, 0) is 24.8 Å². The number of hydrogen-bond donors (Lipinski definition) is 3. The van der Waals surface area contributed by atoms with Crippen molar-refractivity contribution in [1.29, 1.82) is 0 Å². The molecule has 22 heavy (non-hydrogen) atoms. The van der Waals surface area contributed by atoms with E-state index in [-0.39, 0.29) is 12.6 Å². The van der Waals surface area contributed by atoms with E-state index in [4.69, 9.17) is 4.74 Å². The molecule has 0 bridgehead atoms. The normalized spacial score (nSPS) is 17.8. The van der Waals surface area contributed by atoms with Gasteiger partial charge in [0, 0.05) is 24.4 Å². The first kappa shape index (κ1) is 16.0. The highest BCUT2D eigenvalue weighted by molar-refractivity contribution is 5.75. The second-order valence-corrected chi connectivity index (χ2v) is 5.14. The van der Waals surface area contributed by atoms with Crippen molar-refractivity contribution in [2.75, 3.05) is 7.05 Å². The first-order chi connectivity index (χ1) is 10.7. The molecule has 1 unspecified atom stereocenters. The molecule has 6 nitrogen and oxygen atoms in total. The Morgan fingerprint density at radius 1 is 1.36 bits per heavy atom. The minimum Gasteiger partial charge on any atom is -0.445 e. The average molecular weight is 303 g/mol. The zero-order valence-corrected chi connectivity index (χ0v) is 12.6. The van der Waals surface area contributed by atoms with Gasteiger partial charge in [0.1, 0.15) is 12.9 Å². The molecule has 118 valence electrons. The fourth-order valence-electron chi connectivity index (χ4n) is 2.44. The van der Waals surface area contributed by atoms with Crippen LogP contribution >= 0.6 is 0 Å². The number of aldehydes is 1. The Hall–Kier alpha value is -2.34. The number of ether oxygens (including phenoxy) is 1. The highest BCUT2D eigenvalue weighted by Gasteiger charge is 2.22. The van der Waals surface area contributed by atoms with E-state index in [2.05, 4.69) is 16.2 Å². The lowest BCUT2D eigenvalue weighted by Crippen LogP contribution is -2.39. The van der Waals surface area contributed by atoms with E-state index < -0.39 is 6.09 Å². The van der Waals surface area contributed by atoms with Gasteiger partial charge in [-0.15, -0.1) is 0 Å². The summed E-state index contributed by atoms with van der Waals surface area (Å²) in [6, 6.07) is 9.43. The van der Waals surface area contributed by atoms with E-state index in [0.29, 0.717) is 18.4 Å². The fourth-order valence-corrected chi connectivity index (χ4v) is 2.44. The third-order valence-corrected chi connectivity index (χ3v) is 3.55. The Balaban J connectivity index is 1.81. The van der Waals surface area contributed by atoms with Crippen LogP contribution in [-0.2, 0) is 16.1 Å².